The number of amides is 1. The van der Waals surface area contributed by atoms with Gasteiger partial charge in [0.25, 0.3) is 15.9 Å². The molecule has 190 valence electrons. The van der Waals surface area contributed by atoms with Crippen molar-refractivity contribution in [3.05, 3.63) is 107 Å². The Kier molecular flexibility index (Phi) is 6.61. The number of rotatable bonds is 6. The van der Waals surface area contributed by atoms with Gasteiger partial charge in [-0.05, 0) is 68.8 Å². The van der Waals surface area contributed by atoms with E-state index >= 15 is 0 Å². The molecule has 0 saturated heterocycles. The van der Waals surface area contributed by atoms with Gasteiger partial charge < -0.3 is 5.32 Å². The average molecular weight is 524 g/mol. The normalized spacial score (nSPS) is 11.3. The Balaban J connectivity index is 1.42. The number of pyridine rings is 1. The van der Waals surface area contributed by atoms with Gasteiger partial charge in [-0.2, -0.15) is 0 Å². The summed E-state index contributed by atoms with van der Waals surface area (Å²) in [7, 11) is -3.91. The summed E-state index contributed by atoms with van der Waals surface area (Å²) in [4.78, 5) is 26.5. The first kappa shape index (κ1) is 25.0. The first-order valence-corrected chi connectivity index (χ1v) is 13.4. The second-order valence-electron chi connectivity index (χ2n) is 8.95. The van der Waals surface area contributed by atoms with E-state index in [1.54, 1.807) is 38.1 Å². The molecule has 0 bridgehead atoms. The maximum Gasteiger partial charge on any atom is 0.264 e. The quantitative estimate of drug-likeness (QED) is 0.296. The lowest BCUT2D eigenvalue weighted by Crippen LogP contribution is -2.16. The Bertz CT molecular complexity index is 1760. The van der Waals surface area contributed by atoms with Crippen molar-refractivity contribution in [1.29, 1.82) is 0 Å². The van der Waals surface area contributed by atoms with Gasteiger partial charge in [0.05, 0.1) is 21.7 Å². The van der Waals surface area contributed by atoms with Gasteiger partial charge in [0, 0.05) is 28.0 Å². The van der Waals surface area contributed by atoms with Crippen LogP contribution in [0.5, 0.6) is 0 Å². The van der Waals surface area contributed by atoms with Gasteiger partial charge in [0.15, 0.2) is 0 Å². The number of fused-ring (bicyclic) bond motifs is 1. The van der Waals surface area contributed by atoms with E-state index in [1.165, 1.54) is 12.1 Å². The highest BCUT2D eigenvalue weighted by atomic mass is 32.2. The van der Waals surface area contributed by atoms with E-state index < -0.39 is 10.0 Å². The van der Waals surface area contributed by atoms with Crippen LogP contribution in [0.1, 0.15) is 27.3 Å². The minimum Gasteiger partial charge on any atom is -0.322 e. The van der Waals surface area contributed by atoms with Crippen molar-refractivity contribution in [1.82, 2.24) is 15.0 Å². The van der Waals surface area contributed by atoms with Crippen LogP contribution in [0, 0.1) is 20.8 Å². The number of hydrogen-bond acceptors (Lipinski definition) is 6. The van der Waals surface area contributed by atoms with Crippen molar-refractivity contribution in [3.63, 3.8) is 0 Å². The molecule has 0 spiro atoms. The molecule has 38 heavy (non-hydrogen) atoms. The van der Waals surface area contributed by atoms with E-state index in [9.17, 15) is 13.2 Å². The topological polar surface area (TPSA) is 114 Å². The Hall–Kier alpha value is -4.63. The molecule has 3 aromatic carbocycles. The van der Waals surface area contributed by atoms with Crippen molar-refractivity contribution in [2.75, 3.05) is 10.0 Å². The molecule has 0 saturated carbocycles. The van der Waals surface area contributed by atoms with Gasteiger partial charge in [-0.1, -0.05) is 42.5 Å². The molecule has 2 aromatic heterocycles. The SMILES string of the molecule is Cc1cc(C)nc(NS(=O)(=O)c2ccc(NC(=O)c3cc(-c4ccccc4C)nc4ccccc34)cc2)n1. The summed E-state index contributed by atoms with van der Waals surface area (Å²) in [6.45, 7) is 5.53. The van der Waals surface area contributed by atoms with E-state index in [2.05, 4.69) is 20.0 Å². The van der Waals surface area contributed by atoms with Crippen LogP contribution in [0.4, 0.5) is 11.6 Å². The molecule has 0 radical (unpaired) electrons. The third-order valence-corrected chi connectivity index (χ3v) is 7.36. The Morgan fingerprint density at radius 1 is 0.763 bits per heavy atom. The van der Waals surface area contributed by atoms with E-state index in [-0.39, 0.29) is 16.8 Å². The van der Waals surface area contributed by atoms with Crippen LogP contribution in [0.25, 0.3) is 22.2 Å². The molecule has 0 fully saturated rings. The van der Waals surface area contributed by atoms with E-state index in [0.717, 1.165) is 16.5 Å². The van der Waals surface area contributed by atoms with Crippen molar-refractivity contribution < 1.29 is 13.2 Å². The molecular weight excluding hydrogens is 498 g/mol. The summed E-state index contributed by atoms with van der Waals surface area (Å²) >= 11 is 0. The number of sulfonamides is 1. The maximum atomic E-state index is 13.4. The molecule has 0 atom stereocenters. The van der Waals surface area contributed by atoms with E-state index in [0.29, 0.717) is 33.8 Å². The van der Waals surface area contributed by atoms with E-state index in [1.807, 2.05) is 55.5 Å². The number of carbonyl (C=O) groups is 1. The lowest BCUT2D eigenvalue weighted by atomic mass is 10.0. The minimum absolute atomic E-state index is 0.00824. The molecule has 9 heteroatoms. The molecule has 0 aliphatic heterocycles. The van der Waals surface area contributed by atoms with Crippen molar-refractivity contribution in [2.45, 2.75) is 25.7 Å². The van der Waals surface area contributed by atoms with Crippen molar-refractivity contribution in [3.8, 4) is 11.3 Å². The first-order chi connectivity index (χ1) is 18.2. The van der Waals surface area contributed by atoms with Gasteiger partial charge in [0.2, 0.25) is 5.95 Å². The fourth-order valence-electron chi connectivity index (χ4n) is 4.23. The Morgan fingerprint density at radius 2 is 1.42 bits per heavy atom. The molecule has 1 amide bonds. The molecular formula is C29H25N5O3S. The second-order valence-corrected chi connectivity index (χ2v) is 10.6. The summed E-state index contributed by atoms with van der Waals surface area (Å²) in [5.41, 5.74) is 5.65. The largest absolute Gasteiger partial charge is 0.322 e. The van der Waals surface area contributed by atoms with Crippen LogP contribution >= 0.6 is 0 Å². The molecule has 5 aromatic rings. The Labute approximate surface area is 220 Å². The van der Waals surface area contributed by atoms with Gasteiger partial charge >= 0.3 is 0 Å². The number of hydrogen-bond donors (Lipinski definition) is 2. The van der Waals surface area contributed by atoms with Crippen LogP contribution in [0.2, 0.25) is 0 Å². The predicted octanol–water partition coefficient (Wildman–Crippen LogP) is 5.67. The van der Waals surface area contributed by atoms with Gasteiger partial charge in [0.1, 0.15) is 0 Å². The fourth-order valence-corrected chi connectivity index (χ4v) is 5.17. The van der Waals surface area contributed by atoms with Crippen LogP contribution in [0.15, 0.2) is 89.8 Å². The standard InChI is InChI=1S/C29H25N5O3S/c1-18-8-4-5-9-23(18)27-17-25(24-10-6-7-11-26(24)33-27)28(35)32-21-12-14-22(15-13-21)38(36,37)34-29-30-19(2)16-20(3)31-29/h4-17H,1-3H3,(H,32,35)(H,30,31,34). The molecule has 5 rings (SSSR count). The van der Waals surface area contributed by atoms with Crippen LogP contribution in [-0.2, 0) is 10.0 Å². The lowest BCUT2D eigenvalue weighted by Gasteiger charge is -2.12. The highest BCUT2D eigenvalue weighted by Crippen LogP contribution is 2.28. The summed E-state index contributed by atoms with van der Waals surface area (Å²) in [6, 6.07) is 24.8. The molecule has 2 N–H and O–H groups in total. The third-order valence-electron chi connectivity index (χ3n) is 6.01. The van der Waals surface area contributed by atoms with Gasteiger partial charge in [-0.3, -0.25) is 4.79 Å². The minimum atomic E-state index is -3.91. The van der Waals surface area contributed by atoms with Crippen LogP contribution in [0.3, 0.4) is 0 Å². The molecule has 8 nitrogen and oxygen atoms in total. The zero-order valence-corrected chi connectivity index (χ0v) is 21.9. The zero-order valence-electron chi connectivity index (χ0n) is 21.1. The number of carbonyl (C=O) groups excluding carboxylic acids is 1. The molecule has 0 aliphatic carbocycles. The number of anilines is 2. The van der Waals surface area contributed by atoms with Gasteiger partial charge in [-0.25, -0.2) is 28.1 Å². The van der Waals surface area contributed by atoms with Crippen molar-refractivity contribution in [2.24, 2.45) is 0 Å². The number of para-hydroxylation sites is 1. The Morgan fingerprint density at radius 3 is 2.13 bits per heavy atom. The molecule has 0 unspecified atom stereocenters. The van der Waals surface area contributed by atoms with Crippen molar-refractivity contribution >= 4 is 38.5 Å². The monoisotopic (exact) mass is 523 g/mol. The number of benzene rings is 3. The summed E-state index contributed by atoms with van der Waals surface area (Å²) < 4.78 is 28.1. The number of nitrogens with zero attached hydrogens (tertiary/aromatic N) is 3. The first-order valence-electron chi connectivity index (χ1n) is 11.9. The smallest absolute Gasteiger partial charge is 0.264 e. The van der Waals surface area contributed by atoms with Gasteiger partial charge in [-0.15, -0.1) is 0 Å². The number of aryl methyl sites for hydroxylation is 3. The molecule has 0 aliphatic rings. The fraction of sp³-hybridized carbons (Fsp3) is 0.103. The van der Waals surface area contributed by atoms with Crippen LogP contribution in [-0.4, -0.2) is 29.3 Å². The zero-order chi connectivity index (χ0) is 26.9. The summed E-state index contributed by atoms with van der Waals surface area (Å²) in [6.07, 6.45) is 0. The average Bonchev–Trinajstić information content (AvgIpc) is 2.87. The summed E-state index contributed by atoms with van der Waals surface area (Å²) in [5.74, 6) is -0.315. The second kappa shape index (κ2) is 10.0. The number of nitrogens with one attached hydrogen (secondary N) is 2. The maximum absolute atomic E-state index is 13.4. The summed E-state index contributed by atoms with van der Waals surface area (Å²) in [5, 5.41) is 3.60. The molecule has 2 heterocycles. The number of aromatic nitrogens is 3. The predicted molar refractivity (Wildman–Crippen MR) is 149 cm³/mol. The lowest BCUT2D eigenvalue weighted by molar-refractivity contribution is 0.102. The van der Waals surface area contributed by atoms with E-state index in [4.69, 9.17) is 4.98 Å². The third kappa shape index (κ3) is 5.23. The van der Waals surface area contributed by atoms with Crippen LogP contribution < -0.4 is 10.0 Å². The highest BCUT2D eigenvalue weighted by Gasteiger charge is 2.18. The highest BCUT2D eigenvalue weighted by molar-refractivity contribution is 7.92.